The molecule has 0 saturated heterocycles. The molecular formula is C30H51NO4. The molecule has 0 amide bonds. The van der Waals surface area contributed by atoms with E-state index in [9.17, 15) is 9.59 Å². The van der Waals surface area contributed by atoms with Gasteiger partial charge in [-0.25, -0.2) is 14.6 Å². The number of nitrogens with zero attached hydrogens (tertiary/aromatic N) is 1. The van der Waals surface area contributed by atoms with E-state index < -0.39 is 11.9 Å². The van der Waals surface area contributed by atoms with E-state index >= 15 is 0 Å². The van der Waals surface area contributed by atoms with Gasteiger partial charge in [-0.15, -0.1) is 0 Å². The number of carbonyl (C=O) groups excluding carboxylic acids is 2. The average molecular weight is 490 g/mol. The summed E-state index contributed by atoms with van der Waals surface area (Å²) in [6.45, 7) is 7.32. The van der Waals surface area contributed by atoms with Crippen molar-refractivity contribution in [3.63, 3.8) is 0 Å². The molecule has 0 spiro atoms. The molecule has 0 radical (unpaired) electrons. The Labute approximate surface area is 214 Å². The van der Waals surface area contributed by atoms with Crippen LogP contribution in [0.1, 0.15) is 151 Å². The molecule has 0 bridgehead atoms. The van der Waals surface area contributed by atoms with E-state index in [1.165, 1.54) is 70.6 Å². The summed E-state index contributed by atoms with van der Waals surface area (Å²) in [5.74, 6) is -0.591. The molecule has 1 unspecified atom stereocenters. The zero-order valence-corrected chi connectivity index (χ0v) is 22.8. The highest BCUT2D eigenvalue weighted by Gasteiger charge is 2.16. The first-order chi connectivity index (χ1) is 17.1. The summed E-state index contributed by atoms with van der Waals surface area (Å²) in [6, 6.07) is 4.82. The Hall–Kier alpha value is -1.91. The lowest BCUT2D eigenvalue weighted by atomic mass is 10.0. The minimum Gasteiger partial charge on any atom is -0.461 e. The van der Waals surface area contributed by atoms with Crippen LogP contribution < -0.4 is 0 Å². The predicted molar refractivity (Wildman–Crippen MR) is 144 cm³/mol. The fourth-order valence-corrected chi connectivity index (χ4v) is 4.19. The number of pyridine rings is 1. The van der Waals surface area contributed by atoms with Crippen LogP contribution in [0.15, 0.2) is 18.2 Å². The summed E-state index contributed by atoms with van der Waals surface area (Å²) in [5, 5.41) is 0. The van der Waals surface area contributed by atoms with Crippen LogP contribution in [0, 0.1) is 5.92 Å². The van der Waals surface area contributed by atoms with Gasteiger partial charge in [0.05, 0.1) is 13.2 Å². The highest BCUT2D eigenvalue weighted by atomic mass is 16.5. The number of aromatic nitrogens is 1. The molecule has 1 aromatic heterocycles. The highest BCUT2D eigenvalue weighted by Crippen LogP contribution is 2.15. The number of rotatable bonds is 22. The molecule has 0 N–H and O–H groups in total. The van der Waals surface area contributed by atoms with Crippen molar-refractivity contribution >= 4 is 11.9 Å². The van der Waals surface area contributed by atoms with Gasteiger partial charge in [-0.1, -0.05) is 123 Å². The van der Waals surface area contributed by atoms with Gasteiger partial charge in [-0.2, -0.15) is 0 Å². The lowest BCUT2D eigenvalue weighted by Gasteiger charge is -2.14. The molecule has 1 rings (SSSR count). The Balaban J connectivity index is 2.15. The third kappa shape index (κ3) is 15.6. The lowest BCUT2D eigenvalue weighted by Crippen LogP contribution is -2.16. The second-order valence-electron chi connectivity index (χ2n) is 9.80. The molecule has 200 valence electrons. The van der Waals surface area contributed by atoms with Crippen LogP contribution in [-0.2, 0) is 9.47 Å². The number of hydrogen-bond donors (Lipinski definition) is 0. The fourth-order valence-electron chi connectivity index (χ4n) is 4.19. The van der Waals surface area contributed by atoms with E-state index in [0.29, 0.717) is 19.1 Å². The largest absolute Gasteiger partial charge is 0.461 e. The molecule has 5 nitrogen and oxygen atoms in total. The third-order valence-corrected chi connectivity index (χ3v) is 6.64. The van der Waals surface area contributed by atoms with Crippen LogP contribution >= 0.6 is 0 Å². The van der Waals surface area contributed by atoms with E-state index in [0.717, 1.165) is 38.5 Å². The molecule has 0 saturated carbocycles. The highest BCUT2D eigenvalue weighted by molar-refractivity contribution is 5.91. The van der Waals surface area contributed by atoms with Crippen molar-refractivity contribution in [3.05, 3.63) is 29.6 Å². The molecular weight excluding hydrogens is 438 g/mol. The van der Waals surface area contributed by atoms with Gasteiger partial charge in [0.25, 0.3) is 0 Å². The van der Waals surface area contributed by atoms with Crippen molar-refractivity contribution in [3.8, 4) is 0 Å². The molecule has 0 aliphatic rings. The lowest BCUT2D eigenvalue weighted by molar-refractivity contribution is 0.0420. The Morgan fingerprint density at radius 2 is 1.17 bits per heavy atom. The van der Waals surface area contributed by atoms with Crippen molar-refractivity contribution in [1.82, 2.24) is 4.98 Å². The summed E-state index contributed by atoms with van der Waals surface area (Å²) in [5.41, 5.74) is 0.318. The van der Waals surface area contributed by atoms with Crippen molar-refractivity contribution in [2.45, 2.75) is 130 Å². The molecule has 0 aromatic carbocycles. The average Bonchev–Trinajstić information content (AvgIpc) is 2.88. The molecule has 1 atom stereocenters. The number of ether oxygens (including phenoxy) is 2. The quantitative estimate of drug-likeness (QED) is 0.120. The van der Waals surface area contributed by atoms with Crippen LogP contribution in [0.4, 0.5) is 0 Å². The summed E-state index contributed by atoms with van der Waals surface area (Å²) < 4.78 is 10.8. The van der Waals surface area contributed by atoms with E-state index in [-0.39, 0.29) is 11.4 Å². The summed E-state index contributed by atoms with van der Waals surface area (Å²) in [7, 11) is 0. The maximum atomic E-state index is 12.4. The van der Waals surface area contributed by atoms with Gasteiger partial charge >= 0.3 is 11.9 Å². The van der Waals surface area contributed by atoms with Gasteiger partial charge in [0.1, 0.15) is 11.4 Å². The van der Waals surface area contributed by atoms with Gasteiger partial charge in [-0.05, 0) is 30.9 Å². The van der Waals surface area contributed by atoms with Crippen LogP contribution in [0.3, 0.4) is 0 Å². The number of carbonyl (C=O) groups is 2. The minimum atomic E-state index is -0.480. The maximum absolute atomic E-state index is 12.4. The first kappa shape index (κ1) is 31.1. The molecule has 0 fully saturated rings. The number of esters is 2. The van der Waals surface area contributed by atoms with E-state index in [2.05, 4.69) is 25.8 Å². The van der Waals surface area contributed by atoms with Gasteiger partial charge in [0, 0.05) is 0 Å². The van der Waals surface area contributed by atoms with E-state index in [4.69, 9.17) is 9.47 Å². The third-order valence-electron chi connectivity index (χ3n) is 6.64. The molecule has 1 aromatic rings. The first-order valence-electron chi connectivity index (χ1n) is 14.4. The van der Waals surface area contributed by atoms with Gasteiger partial charge < -0.3 is 9.47 Å². The predicted octanol–water partition coefficient (Wildman–Crippen LogP) is 8.70. The van der Waals surface area contributed by atoms with Crippen molar-refractivity contribution in [1.29, 1.82) is 0 Å². The summed E-state index contributed by atoms with van der Waals surface area (Å²) >= 11 is 0. The molecule has 5 heteroatoms. The second-order valence-corrected chi connectivity index (χ2v) is 9.80. The van der Waals surface area contributed by atoms with Gasteiger partial charge in [-0.3, -0.25) is 0 Å². The van der Waals surface area contributed by atoms with Crippen molar-refractivity contribution in [2.24, 2.45) is 5.92 Å². The molecule has 0 aliphatic heterocycles. The van der Waals surface area contributed by atoms with Crippen molar-refractivity contribution in [2.75, 3.05) is 13.2 Å². The topological polar surface area (TPSA) is 65.5 Å². The molecule has 0 aliphatic carbocycles. The Bertz CT molecular complexity index is 676. The van der Waals surface area contributed by atoms with Crippen LogP contribution in [-0.4, -0.2) is 30.1 Å². The fraction of sp³-hybridized carbons (Fsp3) is 0.767. The number of hydrogen-bond acceptors (Lipinski definition) is 5. The maximum Gasteiger partial charge on any atom is 0.356 e. The smallest absolute Gasteiger partial charge is 0.356 e. The number of unbranched alkanes of at least 4 members (excludes halogenated alkanes) is 13. The Morgan fingerprint density at radius 1 is 0.686 bits per heavy atom. The van der Waals surface area contributed by atoms with E-state index in [1.807, 2.05) is 0 Å². The standard InChI is InChI=1S/C30H51NO4/c1-4-7-9-10-11-12-13-14-15-16-17-18-19-24-34-29(32)27-22-20-23-28(31-27)30(33)35-25-26(6-3)21-8-5-2/h20,22-23,26H,4-19,21,24-25H2,1-3H3. The van der Waals surface area contributed by atoms with Crippen molar-refractivity contribution < 1.29 is 19.1 Å². The monoisotopic (exact) mass is 489 g/mol. The molecule has 35 heavy (non-hydrogen) atoms. The SMILES string of the molecule is CCCCCCCCCCCCCCCOC(=O)c1cccc(C(=O)OCC(CC)CCCC)n1. The minimum absolute atomic E-state index is 0.158. The first-order valence-corrected chi connectivity index (χ1v) is 14.4. The van der Waals surface area contributed by atoms with Gasteiger partial charge in [0.15, 0.2) is 0 Å². The summed E-state index contributed by atoms with van der Waals surface area (Å²) in [6.07, 6.45) is 20.9. The molecule has 1 heterocycles. The normalized spacial score (nSPS) is 11.9. The van der Waals surface area contributed by atoms with Crippen LogP contribution in [0.25, 0.3) is 0 Å². The van der Waals surface area contributed by atoms with Crippen LogP contribution in [0.2, 0.25) is 0 Å². The second kappa shape index (κ2) is 21.4. The van der Waals surface area contributed by atoms with Gasteiger partial charge in [0.2, 0.25) is 0 Å². The zero-order valence-electron chi connectivity index (χ0n) is 22.8. The van der Waals surface area contributed by atoms with E-state index in [1.54, 1.807) is 18.2 Å². The van der Waals surface area contributed by atoms with Crippen LogP contribution in [0.5, 0.6) is 0 Å². The Morgan fingerprint density at radius 3 is 1.69 bits per heavy atom. The zero-order chi connectivity index (χ0) is 25.6. The summed E-state index contributed by atoms with van der Waals surface area (Å²) in [4.78, 5) is 28.9. The Kier molecular flexibility index (Phi) is 19.0.